The molecule has 0 aromatic carbocycles. The third-order valence-corrected chi connectivity index (χ3v) is 1.84. The summed E-state index contributed by atoms with van der Waals surface area (Å²) in [5.41, 5.74) is -0.189. The lowest BCUT2D eigenvalue weighted by Gasteiger charge is -1.99. The minimum atomic E-state index is -1.02. The smallest absolute Gasteiger partial charge is 0.301 e. The van der Waals surface area contributed by atoms with Gasteiger partial charge >= 0.3 is 5.69 Å². The first-order valence-corrected chi connectivity index (χ1v) is 3.93. The lowest BCUT2D eigenvalue weighted by molar-refractivity contribution is -0.386. The number of nitro groups is 1. The van der Waals surface area contributed by atoms with Crippen LogP contribution in [0.25, 0.3) is 0 Å². The SMILES string of the molecule is O=[N+]([O-])c1cnc(OCF)cc1Br. The Bertz CT molecular complexity index is 334. The fraction of sp³-hybridized carbons (Fsp3) is 0.167. The first kappa shape index (κ1) is 9.85. The molecule has 0 fully saturated rings. The maximum atomic E-state index is 11.7. The molecule has 1 heterocycles. The Morgan fingerprint density at radius 3 is 2.92 bits per heavy atom. The summed E-state index contributed by atoms with van der Waals surface area (Å²) >= 11 is 2.93. The third-order valence-electron chi connectivity index (χ3n) is 1.21. The molecule has 0 unspecified atom stereocenters. The fourth-order valence-electron chi connectivity index (χ4n) is 0.675. The Labute approximate surface area is 80.8 Å². The molecule has 0 saturated heterocycles. The number of rotatable bonds is 3. The summed E-state index contributed by atoms with van der Waals surface area (Å²) in [5, 5.41) is 10.3. The lowest BCUT2D eigenvalue weighted by Crippen LogP contribution is -1.95. The largest absolute Gasteiger partial charge is 0.446 e. The Kier molecular flexibility index (Phi) is 3.13. The van der Waals surface area contributed by atoms with Gasteiger partial charge in [0.25, 0.3) is 0 Å². The standard InChI is InChI=1S/C6H4BrFN2O3/c7-4-1-6(13-3-8)9-2-5(4)10(11)12/h1-2H,3H2. The summed E-state index contributed by atoms with van der Waals surface area (Å²) in [7, 11) is 0. The molecule has 0 bridgehead atoms. The summed E-state index contributed by atoms with van der Waals surface area (Å²) < 4.78 is 16.3. The van der Waals surface area contributed by atoms with E-state index in [9.17, 15) is 14.5 Å². The quantitative estimate of drug-likeness (QED) is 0.609. The normalized spacial score (nSPS) is 9.69. The zero-order valence-corrected chi connectivity index (χ0v) is 7.82. The molecule has 0 aliphatic carbocycles. The molecule has 1 rings (SSSR count). The van der Waals surface area contributed by atoms with Crippen LogP contribution in [0.3, 0.4) is 0 Å². The Balaban J connectivity index is 2.98. The molecule has 0 aliphatic heterocycles. The van der Waals surface area contributed by atoms with Gasteiger partial charge in [-0.3, -0.25) is 10.1 Å². The first-order chi connectivity index (χ1) is 6.15. The molecule has 5 nitrogen and oxygen atoms in total. The monoisotopic (exact) mass is 250 g/mol. The van der Waals surface area contributed by atoms with Gasteiger partial charge in [-0.2, -0.15) is 0 Å². The van der Waals surface area contributed by atoms with E-state index in [2.05, 4.69) is 25.7 Å². The van der Waals surface area contributed by atoms with Crippen molar-refractivity contribution in [3.05, 3.63) is 26.9 Å². The van der Waals surface area contributed by atoms with Crippen molar-refractivity contribution in [2.24, 2.45) is 0 Å². The van der Waals surface area contributed by atoms with E-state index < -0.39 is 11.8 Å². The highest BCUT2D eigenvalue weighted by Gasteiger charge is 2.13. The number of hydrogen-bond donors (Lipinski definition) is 0. The van der Waals surface area contributed by atoms with Crippen molar-refractivity contribution in [2.45, 2.75) is 0 Å². The number of pyridine rings is 1. The van der Waals surface area contributed by atoms with Crippen LogP contribution in [0.4, 0.5) is 10.1 Å². The van der Waals surface area contributed by atoms with Crippen LogP contribution in [0, 0.1) is 10.1 Å². The van der Waals surface area contributed by atoms with E-state index in [1.54, 1.807) is 0 Å². The summed E-state index contributed by atoms with van der Waals surface area (Å²) in [5.74, 6) is -0.0000231. The number of nitrogens with zero attached hydrogens (tertiary/aromatic N) is 2. The van der Waals surface area contributed by atoms with Crippen LogP contribution in [0.15, 0.2) is 16.7 Å². The maximum absolute atomic E-state index is 11.7. The van der Waals surface area contributed by atoms with Gasteiger partial charge in [-0.05, 0) is 15.9 Å². The van der Waals surface area contributed by atoms with E-state index in [0.717, 1.165) is 6.20 Å². The van der Waals surface area contributed by atoms with Gasteiger partial charge < -0.3 is 4.74 Å². The van der Waals surface area contributed by atoms with Gasteiger partial charge in [0.05, 0.1) is 4.92 Å². The highest BCUT2D eigenvalue weighted by Crippen LogP contribution is 2.26. The van der Waals surface area contributed by atoms with Crippen molar-refractivity contribution in [3.63, 3.8) is 0 Å². The molecule has 1 aromatic rings. The van der Waals surface area contributed by atoms with E-state index in [-0.39, 0.29) is 16.0 Å². The Hall–Kier alpha value is -1.24. The fourth-order valence-corrected chi connectivity index (χ4v) is 1.12. The van der Waals surface area contributed by atoms with Gasteiger partial charge in [-0.15, -0.1) is 0 Å². The average Bonchev–Trinajstić information content (AvgIpc) is 2.04. The second-order valence-electron chi connectivity index (χ2n) is 1.98. The van der Waals surface area contributed by atoms with Gasteiger partial charge in [0.15, 0.2) is 0 Å². The number of aromatic nitrogens is 1. The highest BCUT2D eigenvalue weighted by atomic mass is 79.9. The predicted molar refractivity (Wildman–Crippen MR) is 45.2 cm³/mol. The summed E-state index contributed by atoms with van der Waals surface area (Å²) in [6, 6.07) is 1.23. The van der Waals surface area contributed by atoms with Gasteiger partial charge in [0, 0.05) is 6.07 Å². The van der Waals surface area contributed by atoms with Gasteiger partial charge in [-0.1, -0.05) is 0 Å². The molecule has 7 heteroatoms. The predicted octanol–water partition coefficient (Wildman–Crippen LogP) is 2.06. The molecule has 70 valence electrons. The molecule has 0 spiro atoms. The molecule has 0 N–H and O–H groups in total. The van der Waals surface area contributed by atoms with Crippen LogP contribution in [-0.4, -0.2) is 16.8 Å². The zero-order valence-electron chi connectivity index (χ0n) is 6.24. The van der Waals surface area contributed by atoms with Crippen molar-refractivity contribution in [2.75, 3.05) is 6.86 Å². The summed E-state index contributed by atoms with van der Waals surface area (Å²) in [6.07, 6.45) is 0.995. The van der Waals surface area contributed by atoms with Gasteiger partial charge in [0.1, 0.15) is 10.7 Å². The van der Waals surface area contributed by atoms with Crippen LogP contribution >= 0.6 is 15.9 Å². The van der Waals surface area contributed by atoms with E-state index in [1.807, 2.05) is 0 Å². The Morgan fingerprint density at radius 2 is 2.46 bits per heavy atom. The van der Waals surface area contributed by atoms with Crippen LogP contribution in [0.5, 0.6) is 5.88 Å². The molecule has 0 aliphatic rings. The van der Waals surface area contributed by atoms with E-state index in [0.29, 0.717) is 0 Å². The Morgan fingerprint density at radius 1 is 1.77 bits per heavy atom. The minimum Gasteiger partial charge on any atom is -0.446 e. The molecule has 0 saturated carbocycles. The summed E-state index contributed by atoms with van der Waals surface area (Å²) in [4.78, 5) is 13.2. The first-order valence-electron chi connectivity index (χ1n) is 3.14. The van der Waals surface area contributed by atoms with Crippen LogP contribution < -0.4 is 4.74 Å². The molecule has 13 heavy (non-hydrogen) atoms. The van der Waals surface area contributed by atoms with E-state index in [4.69, 9.17) is 0 Å². The summed E-state index contributed by atoms with van der Waals surface area (Å²) in [6.45, 7) is -1.02. The molecule has 0 radical (unpaired) electrons. The lowest BCUT2D eigenvalue weighted by atomic mass is 10.4. The number of hydrogen-bond acceptors (Lipinski definition) is 4. The van der Waals surface area contributed by atoms with Crippen molar-refractivity contribution in [1.29, 1.82) is 0 Å². The van der Waals surface area contributed by atoms with Crippen molar-refractivity contribution < 1.29 is 14.1 Å². The van der Waals surface area contributed by atoms with Crippen LogP contribution in [0.1, 0.15) is 0 Å². The molecular weight excluding hydrogens is 247 g/mol. The zero-order chi connectivity index (χ0) is 9.84. The maximum Gasteiger partial charge on any atom is 0.301 e. The van der Waals surface area contributed by atoms with Crippen molar-refractivity contribution >= 4 is 21.6 Å². The van der Waals surface area contributed by atoms with Gasteiger partial charge in [0.2, 0.25) is 12.7 Å². The van der Waals surface area contributed by atoms with Crippen molar-refractivity contribution in [1.82, 2.24) is 4.98 Å². The van der Waals surface area contributed by atoms with Gasteiger partial charge in [-0.25, -0.2) is 9.37 Å². The second-order valence-corrected chi connectivity index (χ2v) is 2.84. The van der Waals surface area contributed by atoms with E-state index in [1.165, 1.54) is 6.07 Å². The topological polar surface area (TPSA) is 65.3 Å². The average molecular weight is 251 g/mol. The third kappa shape index (κ3) is 2.35. The number of alkyl halides is 1. The second kappa shape index (κ2) is 4.13. The van der Waals surface area contributed by atoms with Crippen LogP contribution in [-0.2, 0) is 0 Å². The molecule has 0 atom stereocenters. The highest BCUT2D eigenvalue weighted by molar-refractivity contribution is 9.10. The molecular formula is C6H4BrFN2O3. The van der Waals surface area contributed by atoms with E-state index >= 15 is 0 Å². The van der Waals surface area contributed by atoms with Crippen molar-refractivity contribution in [3.8, 4) is 5.88 Å². The number of halogens is 2. The molecule has 0 amide bonds. The minimum absolute atomic E-state index is 0.0000231. The van der Waals surface area contributed by atoms with Crippen LogP contribution in [0.2, 0.25) is 0 Å². The molecule has 1 aromatic heterocycles. The number of ether oxygens (including phenoxy) is 1.